The Morgan fingerprint density at radius 3 is 2.30 bits per heavy atom. The molecule has 0 aliphatic heterocycles. The van der Waals surface area contributed by atoms with Crippen molar-refractivity contribution in [2.45, 2.75) is 92.2 Å². The van der Waals surface area contributed by atoms with Crippen LogP contribution in [0.5, 0.6) is 0 Å². The van der Waals surface area contributed by atoms with Gasteiger partial charge in [-0.3, -0.25) is 4.99 Å². The Kier molecular flexibility index (Phi) is 11.3. The van der Waals surface area contributed by atoms with Gasteiger partial charge in [-0.05, 0) is 56.6 Å². The molecule has 2 N–H and O–H groups in total. The maximum Gasteiger partial charge on any atom is 0.333 e. The van der Waals surface area contributed by atoms with Crippen LogP contribution >= 0.6 is 0 Å². The summed E-state index contributed by atoms with van der Waals surface area (Å²) in [7, 11) is 1.74. The molecule has 0 aromatic heterocycles. The summed E-state index contributed by atoms with van der Waals surface area (Å²) in [5.41, 5.74) is 6.35. The molecule has 0 aliphatic rings. The highest BCUT2D eigenvalue weighted by atomic mass is 16.5. The summed E-state index contributed by atoms with van der Waals surface area (Å²) in [6.07, 6.45) is 9.34. The van der Waals surface area contributed by atoms with Gasteiger partial charge in [-0.15, -0.1) is 0 Å². The van der Waals surface area contributed by atoms with Crippen LogP contribution in [0.4, 0.5) is 0 Å². The van der Waals surface area contributed by atoms with Crippen molar-refractivity contribution in [3.05, 3.63) is 11.7 Å². The molecule has 0 saturated heterocycles. The van der Waals surface area contributed by atoms with E-state index in [1.807, 2.05) is 6.21 Å². The Morgan fingerprint density at radius 1 is 1.17 bits per heavy atom. The van der Waals surface area contributed by atoms with E-state index in [0.717, 1.165) is 30.7 Å². The summed E-state index contributed by atoms with van der Waals surface area (Å²) in [5, 5.41) is 0. The van der Waals surface area contributed by atoms with E-state index < -0.39 is 0 Å². The van der Waals surface area contributed by atoms with Crippen molar-refractivity contribution in [2.24, 2.45) is 22.6 Å². The predicted octanol–water partition coefficient (Wildman–Crippen LogP) is 4.92. The number of nitrogens with zero attached hydrogens (tertiary/aromatic N) is 1. The summed E-state index contributed by atoms with van der Waals surface area (Å²) in [6.45, 7) is 15.3. The van der Waals surface area contributed by atoms with Gasteiger partial charge in [0.15, 0.2) is 0 Å². The fourth-order valence-electron chi connectivity index (χ4n) is 1.97. The van der Waals surface area contributed by atoms with E-state index in [4.69, 9.17) is 15.4 Å². The molecular weight excluding hydrogens is 283 g/mol. The van der Waals surface area contributed by atoms with E-state index in [1.54, 1.807) is 13.7 Å². The van der Waals surface area contributed by atoms with Gasteiger partial charge in [-0.1, -0.05) is 47.5 Å². The fraction of sp³-hybridized carbons (Fsp3) is 0.842. The number of hydrogen-bond donors (Lipinski definition) is 1. The molecule has 2 atom stereocenters. The summed E-state index contributed by atoms with van der Waals surface area (Å²) in [4.78, 5) is 4.75. The Morgan fingerprint density at radius 2 is 1.83 bits per heavy atom. The molecule has 0 saturated carbocycles. The van der Waals surface area contributed by atoms with Crippen molar-refractivity contribution >= 4 is 13.7 Å². The molecule has 0 amide bonds. The van der Waals surface area contributed by atoms with Crippen LogP contribution in [0.3, 0.4) is 0 Å². The minimum absolute atomic E-state index is 0.207. The normalized spacial score (nSPS) is 16.1. The monoisotopic (exact) mass is 321 g/mol. The van der Waals surface area contributed by atoms with Crippen molar-refractivity contribution in [2.75, 3.05) is 0 Å². The molecule has 0 rings (SSSR count). The zero-order valence-electron chi connectivity index (χ0n) is 16.4. The van der Waals surface area contributed by atoms with Gasteiger partial charge in [-0.2, -0.15) is 0 Å². The quantitative estimate of drug-likeness (QED) is 0.409. The highest BCUT2D eigenvalue weighted by Crippen LogP contribution is 2.20. The molecular formula is C19H38BN2O. The second-order valence-electron chi connectivity index (χ2n) is 7.47. The van der Waals surface area contributed by atoms with Crippen LogP contribution in [0.25, 0.3) is 0 Å². The van der Waals surface area contributed by atoms with Crippen LogP contribution in [0.2, 0.25) is 0 Å². The van der Waals surface area contributed by atoms with Gasteiger partial charge < -0.3 is 10.4 Å². The molecule has 0 spiro atoms. The lowest BCUT2D eigenvalue weighted by Gasteiger charge is -2.30. The zero-order valence-corrected chi connectivity index (χ0v) is 16.4. The Balaban J connectivity index is 4.57. The average molecular weight is 321 g/mol. The molecule has 0 bridgehead atoms. The number of nitrogens with two attached hydrogens (primary N) is 1. The van der Waals surface area contributed by atoms with E-state index in [1.165, 1.54) is 12.8 Å². The summed E-state index contributed by atoms with van der Waals surface area (Å²) < 4.78 is 5.89. The lowest BCUT2D eigenvalue weighted by molar-refractivity contribution is 0.0662. The van der Waals surface area contributed by atoms with Gasteiger partial charge in [0, 0.05) is 17.9 Å². The first kappa shape index (κ1) is 22.2. The second-order valence-corrected chi connectivity index (χ2v) is 7.47. The topological polar surface area (TPSA) is 47.6 Å². The lowest BCUT2D eigenvalue weighted by Crippen LogP contribution is -2.33. The van der Waals surface area contributed by atoms with Crippen molar-refractivity contribution in [1.29, 1.82) is 0 Å². The maximum atomic E-state index is 5.89. The van der Waals surface area contributed by atoms with E-state index >= 15 is 0 Å². The Labute approximate surface area is 145 Å². The highest BCUT2D eigenvalue weighted by Gasteiger charge is 2.23. The van der Waals surface area contributed by atoms with E-state index in [-0.39, 0.29) is 5.60 Å². The van der Waals surface area contributed by atoms with E-state index in [9.17, 15) is 0 Å². The lowest BCUT2D eigenvalue weighted by atomic mass is 9.84. The Bertz CT molecular complexity index is 364. The van der Waals surface area contributed by atoms with Crippen LogP contribution in [-0.4, -0.2) is 25.3 Å². The minimum atomic E-state index is -0.207. The van der Waals surface area contributed by atoms with Gasteiger partial charge in [0.1, 0.15) is 0 Å². The minimum Gasteiger partial charge on any atom is -0.429 e. The third-order valence-electron chi connectivity index (χ3n) is 4.83. The van der Waals surface area contributed by atoms with Gasteiger partial charge in [0.25, 0.3) is 0 Å². The second kappa shape index (κ2) is 11.7. The molecule has 0 fully saturated rings. The number of aliphatic imine (C=N–C) groups is 1. The van der Waals surface area contributed by atoms with Crippen molar-refractivity contribution in [1.82, 2.24) is 0 Å². The first-order valence-corrected chi connectivity index (χ1v) is 9.22. The predicted molar refractivity (Wildman–Crippen MR) is 104 cm³/mol. The third-order valence-corrected chi connectivity index (χ3v) is 4.83. The highest BCUT2D eigenvalue weighted by molar-refractivity contribution is 6.46. The Hall–Kier alpha value is -0.765. The van der Waals surface area contributed by atoms with Crippen LogP contribution in [0, 0.1) is 11.8 Å². The molecule has 0 aromatic carbocycles. The first-order valence-electron chi connectivity index (χ1n) is 9.22. The summed E-state index contributed by atoms with van der Waals surface area (Å²) in [6, 6.07) is 0.385. The number of rotatable bonds is 12. The number of hydrogen-bond acceptors (Lipinski definition) is 3. The molecule has 0 aliphatic carbocycles. The SMILES string of the molecule is CCCC(CCC(C)CC)N=CC([B]OC(C)(C)C(C)C)=CN. The van der Waals surface area contributed by atoms with Gasteiger partial charge in [0.2, 0.25) is 0 Å². The molecule has 0 aromatic rings. The van der Waals surface area contributed by atoms with Gasteiger partial charge in [0.05, 0.1) is 0 Å². The number of allylic oxidation sites excluding steroid dienone is 1. The van der Waals surface area contributed by atoms with Crippen molar-refractivity contribution < 1.29 is 4.65 Å². The van der Waals surface area contributed by atoms with Crippen LogP contribution < -0.4 is 5.73 Å². The molecule has 23 heavy (non-hydrogen) atoms. The van der Waals surface area contributed by atoms with E-state index in [2.05, 4.69) is 48.5 Å². The first-order chi connectivity index (χ1) is 10.8. The van der Waals surface area contributed by atoms with Crippen LogP contribution in [-0.2, 0) is 4.65 Å². The van der Waals surface area contributed by atoms with Crippen LogP contribution in [0.15, 0.2) is 16.7 Å². The molecule has 0 heterocycles. The average Bonchev–Trinajstić information content (AvgIpc) is 2.51. The molecule has 133 valence electrons. The van der Waals surface area contributed by atoms with Crippen molar-refractivity contribution in [3.8, 4) is 0 Å². The van der Waals surface area contributed by atoms with Gasteiger partial charge in [-0.25, -0.2) is 0 Å². The standard InChI is InChI=1S/C19H38BN2O/c1-8-10-18(12-11-16(5)9-2)22-14-17(13-21)20-23-19(6,7)15(3)4/h13-16,18H,8-12,21H2,1-7H3. The van der Waals surface area contributed by atoms with Crippen molar-refractivity contribution in [3.63, 3.8) is 0 Å². The van der Waals surface area contributed by atoms with E-state index in [0.29, 0.717) is 12.0 Å². The molecule has 3 nitrogen and oxygen atoms in total. The largest absolute Gasteiger partial charge is 0.429 e. The van der Waals surface area contributed by atoms with Gasteiger partial charge >= 0.3 is 7.48 Å². The smallest absolute Gasteiger partial charge is 0.333 e. The molecule has 1 radical (unpaired) electrons. The summed E-state index contributed by atoms with van der Waals surface area (Å²) >= 11 is 0. The molecule has 2 unspecified atom stereocenters. The third kappa shape index (κ3) is 9.86. The maximum absolute atomic E-state index is 5.89. The summed E-state index contributed by atoms with van der Waals surface area (Å²) in [5.74, 6) is 1.20. The van der Waals surface area contributed by atoms with Crippen LogP contribution in [0.1, 0.15) is 80.6 Å². The fourth-order valence-corrected chi connectivity index (χ4v) is 1.97. The zero-order chi connectivity index (χ0) is 17.9. The molecule has 4 heteroatoms.